The van der Waals surface area contributed by atoms with Gasteiger partial charge in [0.2, 0.25) is 0 Å². The molecular weight excluding hydrogens is 430 g/mol. The van der Waals surface area contributed by atoms with Crippen molar-refractivity contribution in [1.29, 1.82) is 0 Å². The van der Waals surface area contributed by atoms with Crippen molar-refractivity contribution in [2.45, 2.75) is 18.1 Å². The van der Waals surface area contributed by atoms with Crippen LogP contribution in [0.3, 0.4) is 0 Å². The Hall–Kier alpha value is -3.04. The van der Waals surface area contributed by atoms with Crippen LogP contribution in [0.4, 0.5) is 0 Å². The van der Waals surface area contributed by atoms with Gasteiger partial charge in [-0.3, -0.25) is 4.79 Å². The van der Waals surface area contributed by atoms with Crippen molar-refractivity contribution in [2.75, 3.05) is 40.8 Å². The van der Waals surface area contributed by atoms with Crippen LogP contribution in [-0.4, -0.2) is 61.3 Å². The number of rotatable bonds is 12. The fourth-order valence-corrected chi connectivity index (χ4v) is 4.02. The van der Waals surface area contributed by atoms with Crippen molar-refractivity contribution in [3.8, 4) is 28.6 Å². The van der Waals surface area contributed by atoms with E-state index in [0.29, 0.717) is 46.9 Å². The first-order valence-corrected chi connectivity index (χ1v) is 11.0. The average molecular weight is 458 g/mol. The van der Waals surface area contributed by atoms with Gasteiger partial charge in [-0.2, -0.15) is 0 Å². The van der Waals surface area contributed by atoms with E-state index >= 15 is 0 Å². The lowest BCUT2D eigenvalue weighted by molar-refractivity contribution is 0.102. The van der Waals surface area contributed by atoms with Gasteiger partial charge < -0.3 is 23.5 Å². The molecule has 0 spiro atoms. The second-order valence-electron chi connectivity index (χ2n) is 6.82. The molecule has 1 heterocycles. The minimum absolute atomic E-state index is 0.00647. The van der Waals surface area contributed by atoms with Crippen LogP contribution in [0.2, 0.25) is 0 Å². The molecule has 0 amide bonds. The predicted octanol–water partition coefficient (Wildman–Crippen LogP) is 3.98. The lowest BCUT2D eigenvalue weighted by Crippen LogP contribution is -2.08. The zero-order valence-electron chi connectivity index (χ0n) is 18.7. The van der Waals surface area contributed by atoms with Crippen molar-refractivity contribution in [1.82, 2.24) is 14.8 Å². The Kier molecular flexibility index (Phi) is 8.52. The number of benzene rings is 2. The number of ketones is 1. The van der Waals surface area contributed by atoms with Crippen LogP contribution in [0.25, 0.3) is 11.4 Å². The quantitative estimate of drug-likeness (QED) is 0.229. The summed E-state index contributed by atoms with van der Waals surface area (Å²) in [7, 11) is 6.44. The van der Waals surface area contributed by atoms with Crippen molar-refractivity contribution in [2.24, 2.45) is 0 Å². The number of hydrogen-bond acceptors (Lipinski definition) is 8. The molecule has 32 heavy (non-hydrogen) atoms. The summed E-state index contributed by atoms with van der Waals surface area (Å²) >= 11 is 1.36. The average Bonchev–Trinajstić information content (AvgIpc) is 3.24. The number of carbonyl (C=O) groups excluding carboxylic acids is 1. The maximum Gasteiger partial charge on any atom is 0.191 e. The molecule has 8 nitrogen and oxygen atoms in total. The highest BCUT2D eigenvalue weighted by atomic mass is 32.2. The van der Waals surface area contributed by atoms with Gasteiger partial charge in [0.15, 0.2) is 28.3 Å². The smallest absolute Gasteiger partial charge is 0.191 e. The minimum Gasteiger partial charge on any atom is -0.497 e. The van der Waals surface area contributed by atoms with E-state index in [1.807, 2.05) is 28.8 Å². The maximum atomic E-state index is 12.7. The van der Waals surface area contributed by atoms with E-state index in [1.54, 1.807) is 46.6 Å². The summed E-state index contributed by atoms with van der Waals surface area (Å²) in [4.78, 5) is 12.7. The molecule has 0 atom stereocenters. The summed E-state index contributed by atoms with van der Waals surface area (Å²) in [5, 5.41) is 9.42. The lowest BCUT2D eigenvalue weighted by atomic mass is 10.1. The Morgan fingerprint density at radius 3 is 2.50 bits per heavy atom. The largest absolute Gasteiger partial charge is 0.497 e. The van der Waals surface area contributed by atoms with Gasteiger partial charge in [-0.15, -0.1) is 10.2 Å². The van der Waals surface area contributed by atoms with Crippen molar-refractivity contribution in [3.63, 3.8) is 0 Å². The molecule has 2 aromatic carbocycles. The van der Waals surface area contributed by atoms with Gasteiger partial charge in [-0.1, -0.05) is 23.9 Å². The van der Waals surface area contributed by atoms with E-state index in [2.05, 4.69) is 10.2 Å². The lowest BCUT2D eigenvalue weighted by Gasteiger charge is -2.12. The van der Waals surface area contributed by atoms with E-state index in [0.717, 1.165) is 12.0 Å². The Balaban J connectivity index is 1.84. The van der Waals surface area contributed by atoms with Crippen molar-refractivity contribution >= 4 is 17.5 Å². The highest BCUT2D eigenvalue weighted by molar-refractivity contribution is 7.99. The number of Topliss-reactive ketones (excluding diaryl/α,β-unsaturated/α-hetero) is 1. The summed E-state index contributed by atoms with van der Waals surface area (Å²) in [6.45, 7) is 1.26. The zero-order chi connectivity index (χ0) is 22.9. The molecular formula is C23H27N3O5S. The van der Waals surface area contributed by atoms with Gasteiger partial charge in [-0.25, -0.2) is 0 Å². The molecule has 1 aromatic heterocycles. The zero-order valence-corrected chi connectivity index (χ0v) is 19.5. The first kappa shape index (κ1) is 23.6. The Morgan fingerprint density at radius 1 is 0.969 bits per heavy atom. The number of hydrogen-bond donors (Lipinski definition) is 0. The Morgan fingerprint density at radius 2 is 1.78 bits per heavy atom. The van der Waals surface area contributed by atoms with Crippen LogP contribution in [0.1, 0.15) is 16.8 Å². The van der Waals surface area contributed by atoms with Crippen LogP contribution in [0.15, 0.2) is 47.6 Å². The molecule has 0 aliphatic carbocycles. The highest BCUT2D eigenvalue weighted by Crippen LogP contribution is 2.33. The summed E-state index contributed by atoms with van der Waals surface area (Å²) in [5.74, 6) is 2.83. The molecule has 0 fully saturated rings. The van der Waals surface area contributed by atoms with Gasteiger partial charge in [0.1, 0.15) is 5.75 Å². The number of aromatic nitrogens is 3. The number of ether oxygens (including phenoxy) is 4. The molecule has 0 unspecified atom stereocenters. The second-order valence-corrected chi connectivity index (χ2v) is 7.76. The number of thioether (sulfide) groups is 1. The number of methoxy groups -OCH3 is 4. The second kappa shape index (κ2) is 11.5. The predicted molar refractivity (Wildman–Crippen MR) is 123 cm³/mol. The fraction of sp³-hybridized carbons (Fsp3) is 0.348. The molecule has 3 aromatic rings. The van der Waals surface area contributed by atoms with Crippen molar-refractivity contribution in [3.05, 3.63) is 48.0 Å². The normalized spacial score (nSPS) is 10.8. The van der Waals surface area contributed by atoms with Crippen LogP contribution in [-0.2, 0) is 11.3 Å². The third kappa shape index (κ3) is 5.60. The summed E-state index contributed by atoms with van der Waals surface area (Å²) in [5.41, 5.74) is 1.45. The Bertz CT molecular complexity index is 1050. The molecule has 0 bridgehead atoms. The molecule has 170 valence electrons. The SMILES string of the molecule is COCCCn1c(SCC(=O)c2cccc(OC)c2)nnc1-c1ccc(OC)c(OC)c1. The summed E-state index contributed by atoms with van der Waals surface area (Å²) in [6.07, 6.45) is 0.784. The highest BCUT2D eigenvalue weighted by Gasteiger charge is 2.18. The maximum absolute atomic E-state index is 12.7. The summed E-state index contributed by atoms with van der Waals surface area (Å²) in [6, 6.07) is 12.7. The van der Waals surface area contributed by atoms with Crippen LogP contribution >= 0.6 is 11.8 Å². The van der Waals surface area contributed by atoms with Gasteiger partial charge >= 0.3 is 0 Å². The van der Waals surface area contributed by atoms with E-state index in [1.165, 1.54) is 11.8 Å². The van der Waals surface area contributed by atoms with Crippen LogP contribution in [0.5, 0.6) is 17.2 Å². The first-order valence-electron chi connectivity index (χ1n) is 10.1. The van der Waals surface area contributed by atoms with Gasteiger partial charge in [0.25, 0.3) is 0 Å². The number of carbonyl (C=O) groups is 1. The van der Waals surface area contributed by atoms with E-state index in [9.17, 15) is 4.79 Å². The molecule has 0 aliphatic heterocycles. The van der Waals surface area contributed by atoms with Crippen LogP contribution in [0, 0.1) is 0 Å². The van der Waals surface area contributed by atoms with E-state index in [4.69, 9.17) is 18.9 Å². The van der Waals surface area contributed by atoms with Crippen LogP contribution < -0.4 is 14.2 Å². The topological polar surface area (TPSA) is 84.7 Å². The van der Waals surface area contributed by atoms with Crippen molar-refractivity contribution < 1.29 is 23.7 Å². The van der Waals surface area contributed by atoms with Gasteiger partial charge in [0, 0.05) is 31.4 Å². The standard InChI is InChI=1S/C23H27N3O5S/c1-28-12-6-11-26-22(17-9-10-20(30-3)21(14-17)31-4)24-25-23(26)32-15-19(27)16-7-5-8-18(13-16)29-2/h5,7-10,13-14H,6,11-12,15H2,1-4H3. The minimum atomic E-state index is -0.00647. The monoisotopic (exact) mass is 457 g/mol. The molecule has 9 heteroatoms. The molecule has 0 N–H and O–H groups in total. The fourth-order valence-electron chi connectivity index (χ4n) is 3.16. The first-order chi connectivity index (χ1) is 15.6. The molecule has 0 saturated heterocycles. The van der Waals surface area contributed by atoms with E-state index in [-0.39, 0.29) is 11.5 Å². The number of nitrogens with zero attached hydrogens (tertiary/aromatic N) is 3. The van der Waals surface area contributed by atoms with Gasteiger partial charge in [0.05, 0.1) is 27.1 Å². The molecule has 0 aliphatic rings. The van der Waals surface area contributed by atoms with Gasteiger partial charge in [-0.05, 0) is 36.8 Å². The third-order valence-electron chi connectivity index (χ3n) is 4.81. The molecule has 0 radical (unpaired) electrons. The molecule has 3 rings (SSSR count). The summed E-state index contributed by atoms with van der Waals surface area (Å²) < 4.78 is 23.2. The van der Waals surface area contributed by atoms with E-state index < -0.39 is 0 Å². The third-order valence-corrected chi connectivity index (χ3v) is 5.78. The Labute approximate surface area is 191 Å². The molecule has 0 saturated carbocycles.